The van der Waals surface area contributed by atoms with Crippen molar-refractivity contribution in [3.63, 3.8) is 0 Å². The largest absolute Gasteiger partial charge is 0.320 e. The van der Waals surface area contributed by atoms with E-state index in [1.807, 2.05) is 14.1 Å². The third-order valence-electron chi connectivity index (χ3n) is 3.15. The van der Waals surface area contributed by atoms with Gasteiger partial charge in [-0.05, 0) is 46.4 Å². The summed E-state index contributed by atoms with van der Waals surface area (Å²) >= 11 is 0. The summed E-state index contributed by atoms with van der Waals surface area (Å²) < 4.78 is 25.9. The van der Waals surface area contributed by atoms with Crippen LogP contribution in [0.4, 0.5) is 0 Å². The Labute approximate surface area is 105 Å². The number of sulfonamides is 1. The molecule has 5 nitrogen and oxygen atoms in total. The molecule has 1 aliphatic rings. The van der Waals surface area contributed by atoms with E-state index in [0.717, 1.165) is 38.9 Å². The van der Waals surface area contributed by atoms with Crippen LogP contribution in [0, 0.1) is 0 Å². The van der Waals surface area contributed by atoms with Crippen LogP contribution in [0.3, 0.4) is 0 Å². The van der Waals surface area contributed by atoms with E-state index in [9.17, 15) is 8.42 Å². The molecule has 1 aliphatic heterocycles. The quantitative estimate of drug-likeness (QED) is 0.683. The maximum Gasteiger partial charge on any atom is 0.214 e. The molecule has 0 saturated carbocycles. The molecule has 1 N–H and O–H groups in total. The summed E-state index contributed by atoms with van der Waals surface area (Å²) in [5.41, 5.74) is 0. The van der Waals surface area contributed by atoms with E-state index < -0.39 is 10.0 Å². The monoisotopic (exact) mass is 263 g/mol. The fourth-order valence-corrected chi connectivity index (χ4v) is 3.61. The lowest BCUT2D eigenvalue weighted by atomic mass is 10.3. The summed E-state index contributed by atoms with van der Waals surface area (Å²) in [5, 5.41) is 3.03. The first-order chi connectivity index (χ1) is 8.06. The maximum atomic E-state index is 12.1. The highest BCUT2D eigenvalue weighted by atomic mass is 32.2. The number of hydrogen-bond acceptors (Lipinski definition) is 4. The van der Waals surface area contributed by atoms with E-state index in [4.69, 9.17) is 0 Å². The summed E-state index contributed by atoms with van der Waals surface area (Å²) in [7, 11) is 0.901. The van der Waals surface area contributed by atoms with Crippen molar-refractivity contribution in [3.05, 3.63) is 0 Å². The van der Waals surface area contributed by atoms with Gasteiger partial charge in [-0.3, -0.25) is 0 Å². The van der Waals surface area contributed by atoms with Gasteiger partial charge in [-0.25, -0.2) is 12.7 Å². The molecule has 0 bridgehead atoms. The smallest absolute Gasteiger partial charge is 0.214 e. The van der Waals surface area contributed by atoms with Crippen LogP contribution in [0.2, 0.25) is 0 Å². The molecule has 0 amide bonds. The minimum atomic E-state index is -3.03. The molecule has 0 aromatic carbocycles. The molecular weight excluding hydrogens is 238 g/mol. The van der Waals surface area contributed by atoms with E-state index >= 15 is 0 Å². The highest BCUT2D eigenvalue weighted by Gasteiger charge is 2.23. The number of nitrogens with zero attached hydrogens (tertiary/aromatic N) is 2. The summed E-state index contributed by atoms with van der Waals surface area (Å²) in [6.45, 7) is 4.04. The van der Waals surface area contributed by atoms with Gasteiger partial charge in [-0.1, -0.05) is 0 Å². The highest BCUT2D eigenvalue weighted by Crippen LogP contribution is 2.09. The first-order valence-electron chi connectivity index (χ1n) is 6.37. The number of nitrogens with one attached hydrogen (secondary N) is 1. The second kappa shape index (κ2) is 7.31. The van der Waals surface area contributed by atoms with Crippen LogP contribution in [0.5, 0.6) is 0 Å². The summed E-state index contributed by atoms with van der Waals surface area (Å²) in [6, 6.07) is 0. The molecule has 102 valence electrons. The Hall–Kier alpha value is -0.170. The molecule has 6 heteroatoms. The summed E-state index contributed by atoms with van der Waals surface area (Å²) in [5.74, 6) is 0.290. The molecule has 0 spiro atoms. The van der Waals surface area contributed by atoms with Gasteiger partial charge in [0.05, 0.1) is 5.75 Å². The first kappa shape index (κ1) is 14.9. The summed E-state index contributed by atoms with van der Waals surface area (Å²) in [4.78, 5) is 2.19. The second-order valence-electron chi connectivity index (χ2n) is 4.68. The maximum absolute atomic E-state index is 12.1. The van der Waals surface area contributed by atoms with E-state index in [2.05, 4.69) is 10.2 Å². The third kappa shape index (κ3) is 5.33. The van der Waals surface area contributed by atoms with E-state index in [1.54, 1.807) is 4.31 Å². The van der Waals surface area contributed by atoms with Gasteiger partial charge in [-0.15, -0.1) is 0 Å². The van der Waals surface area contributed by atoms with E-state index in [0.29, 0.717) is 18.8 Å². The average molecular weight is 263 g/mol. The zero-order chi connectivity index (χ0) is 12.7. The van der Waals surface area contributed by atoms with Gasteiger partial charge in [0.15, 0.2) is 0 Å². The minimum absolute atomic E-state index is 0.290. The van der Waals surface area contributed by atoms with Crippen molar-refractivity contribution in [1.82, 2.24) is 14.5 Å². The molecule has 0 aromatic rings. The SMILES string of the molecule is CNCCCCS(=O)(=O)N1CCCN(C)CC1. The van der Waals surface area contributed by atoms with Gasteiger partial charge < -0.3 is 10.2 Å². The number of unbranched alkanes of at least 4 members (excludes halogenated alkanes) is 1. The standard InChI is InChI=1S/C11H25N3O2S/c1-12-6-3-4-11-17(15,16)14-8-5-7-13(2)9-10-14/h12H,3-11H2,1-2H3. The molecular formula is C11H25N3O2S. The van der Waals surface area contributed by atoms with Gasteiger partial charge >= 0.3 is 0 Å². The van der Waals surface area contributed by atoms with Gasteiger partial charge in [0.2, 0.25) is 10.0 Å². The molecule has 0 aromatic heterocycles. The van der Waals surface area contributed by atoms with Crippen molar-refractivity contribution in [2.24, 2.45) is 0 Å². The van der Waals surface area contributed by atoms with Gasteiger partial charge in [0, 0.05) is 19.6 Å². The average Bonchev–Trinajstić information content (AvgIpc) is 2.50. The summed E-state index contributed by atoms with van der Waals surface area (Å²) in [6.07, 6.45) is 2.60. The van der Waals surface area contributed by atoms with Crippen molar-refractivity contribution in [1.29, 1.82) is 0 Å². The zero-order valence-electron chi connectivity index (χ0n) is 11.0. The Morgan fingerprint density at radius 3 is 2.59 bits per heavy atom. The van der Waals surface area contributed by atoms with Gasteiger partial charge in [0.1, 0.15) is 0 Å². The Morgan fingerprint density at radius 2 is 1.88 bits per heavy atom. The predicted octanol–water partition coefficient (Wildman–Crippen LogP) is -0.0467. The molecule has 0 radical (unpaired) electrons. The molecule has 1 saturated heterocycles. The van der Waals surface area contributed by atoms with Crippen LogP contribution in [0.15, 0.2) is 0 Å². The lowest BCUT2D eigenvalue weighted by Gasteiger charge is -2.20. The Bertz CT molecular complexity index is 306. The number of likely N-dealkylation sites (N-methyl/N-ethyl adjacent to an activating group) is 1. The van der Waals surface area contributed by atoms with Gasteiger partial charge in [-0.2, -0.15) is 0 Å². The van der Waals surface area contributed by atoms with Crippen molar-refractivity contribution in [3.8, 4) is 0 Å². The number of hydrogen-bond donors (Lipinski definition) is 1. The van der Waals surface area contributed by atoms with Crippen LogP contribution in [-0.2, 0) is 10.0 Å². The van der Waals surface area contributed by atoms with Crippen LogP contribution in [-0.4, -0.2) is 70.2 Å². The third-order valence-corrected chi connectivity index (χ3v) is 5.11. The Kier molecular flexibility index (Phi) is 6.40. The van der Waals surface area contributed by atoms with Crippen molar-refractivity contribution in [2.45, 2.75) is 19.3 Å². The van der Waals surface area contributed by atoms with Crippen LogP contribution >= 0.6 is 0 Å². The fraction of sp³-hybridized carbons (Fsp3) is 1.00. The second-order valence-corrected chi connectivity index (χ2v) is 6.77. The van der Waals surface area contributed by atoms with Gasteiger partial charge in [0.25, 0.3) is 0 Å². The molecule has 0 unspecified atom stereocenters. The first-order valence-corrected chi connectivity index (χ1v) is 7.98. The fourth-order valence-electron chi connectivity index (χ4n) is 2.02. The number of rotatable bonds is 6. The molecule has 0 aliphatic carbocycles. The normalized spacial score (nSPS) is 20.4. The van der Waals surface area contributed by atoms with Crippen molar-refractivity contribution < 1.29 is 8.42 Å². The predicted molar refractivity (Wildman–Crippen MR) is 70.6 cm³/mol. The lowest BCUT2D eigenvalue weighted by molar-refractivity contribution is 0.347. The zero-order valence-corrected chi connectivity index (χ0v) is 11.8. The highest BCUT2D eigenvalue weighted by molar-refractivity contribution is 7.89. The van der Waals surface area contributed by atoms with Crippen LogP contribution in [0.1, 0.15) is 19.3 Å². The molecule has 1 fully saturated rings. The Morgan fingerprint density at radius 1 is 1.12 bits per heavy atom. The molecule has 1 heterocycles. The molecule has 17 heavy (non-hydrogen) atoms. The Balaban J connectivity index is 2.40. The van der Waals surface area contributed by atoms with Crippen LogP contribution in [0.25, 0.3) is 0 Å². The van der Waals surface area contributed by atoms with E-state index in [1.165, 1.54) is 0 Å². The minimum Gasteiger partial charge on any atom is -0.320 e. The van der Waals surface area contributed by atoms with E-state index in [-0.39, 0.29) is 0 Å². The topological polar surface area (TPSA) is 52.7 Å². The molecule has 1 rings (SSSR count). The lowest BCUT2D eigenvalue weighted by Crippen LogP contribution is -2.36. The molecule has 0 atom stereocenters. The van der Waals surface area contributed by atoms with Crippen molar-refractivity contribution >= 4 is 10.0 Å². The van der Waals surface area contributed by atoms with Crippen LogP contribution < -0.4 is 5.32 Å². The van der Waals surface area contributed by atoms with Crippen molar-refractivity contribution in [2.75, 3.05) is 52.6 Å².